The average Bonchev–Trinajstić information content (AvgIpc) is 3.05. The number of amides is 2. The van der Waals surface area contributed by atoms with Gasteiger partial charge in [-0.2, -0.15) is 0 Å². The topological polar surface area (TPSA) is 53.1 Å². The van der Waals surface area contributed by atoms with Crippen LogP contribution in [0.25, 0.3) is 5.57 Å². The first-order chi connectivity index (χ1) is 14.6. The third-order valence-corrected chi connectivity index (χ3v) is 5.55. The molecule has 2 aromatic rings. The summed E-state index contributed by atoms with van der Waals surface area (Å²) in [5, 5.41) is 0. The van der Waals surface area contributed by atoms with Crippen molar-refractivity contribution in [3.63, 3.8) is 0 Å². The van der Waals surface area contributed by atoms with E-state index in [1.807, 2.05) is 35.2 Å². The molecule has 2 heterocycles. The molecule has 0 saturated carbocycles. The van der Waals surface area contributed by atoms with E-state index in [0.717, 1.165) is 18.7 Å². The first-order valence-corrected chi connectivity index (χ1v) is 10.0. The molecule has 0 atom stereocenters. The van der Waals surface area contributed by atoms with Gasteiger partial charge in [0.2, 0.25) is 0 Å². The van der Waals surface area contributed by atoms with Gasteiger partial charge in [-0.3, -0.25) is 14.5 Å². The van der Waals surface area contributed by atoms with E-state index in [1.54, 1.807) is 25.3 Å². The molecule has 30 heavy (non-hydrogen) atoms. The fourth-order valence-electron chi connectivity index (χ4n) is 4.00. The SMILES string of the molecule is C=CCN1C(=O)C(c2ccc(OC)cc2)=C(N2CCN(c3ccccc3)CC2)C1=O. The van der Waals surface area contributed by atoms with E-state index in [0.29, 0.717) is 30.1 Å². The highest BCUT2D eigenvalue weighted by Crippen LogP contribution is 2.33. The summed E-state index contributed by atoms with van der Waals surface area (Å²) in [7, 11) is 1.60. The van der Waals surface area contributed by atoms with E-state index in [9.17, 15) is 9.59 Å². The lowest BCUT2D eigenvalue weighted by Crippen LogP contribution is -2.47. The number of imide groups is 1. The number of rotatable bonds is 6. The predicted octanol–water partition coefficient (Wildman–Crippen LogP) is 2.78. The van der Waals surface area contributed by atoms with E-state index < -0.39 is 0 Å². The molecule has 0 bridgehead atoms. The summed E-state index contributed by atoms with van der Waals surface area (Å²) >= 11 is 0. The lowest BCUT2D eigenvalue weighted by atomic mass is 10.0. The first-order valence-electron chi connectivity index (χ1n) is 10.0. The van der Waals surface area contributed by atoms with Crippen LogP contribution in [0.4, 0.5) is 5.69 Å². The Morgan fingerprint density at radius 1 is 0.900 bits per heavy atom. The van der Waals surface area contributed by atoms with Crippen LogP contribution in [0.1, 0.15) is 5.56 Å². The highest BCUT2D eigenvalue weighted by atomic mass is 16.5. The van der Waals surface area contributed by atoms with Crippen molar-refractivity contribution in [3.8, 4) is 5.75 Å². The minimum absolute atomic E-state index is 0.199. The van der Waals surface area contributed by atoms with E-state index in [4.69, 9.17) is 4.74 Å². The van der Waals surface area contributed by atoms with Crippen molar-refractivity contribution in [1.82, 2.24) is 9.80 Å². The lowest BCUT2D eigenvalue weighted by molar-refractivity contribution is -0.136. The summed E-state index contributed by atoms with van der Waals surface area (Å²) in [5.74, 6) is 0.182. The lowest BCUT2D eigenvalue weighted by Gasteiger charge is -2.37. The van der Waals surface area contributed by atoms with Crippen molar-refractivity contribution in [2.24, 2.45) is 0 Å². The fraction of sp³-hybridized carbons (Fsp3) is 0.250. The van der Waals surface area contributed by atoms with Crippen LogP contribution in [0.2, 0.25) is 0 Å². The quantitative estimate of drug-likeness (QED) is 0.548. The monoisotopic (exact) mass is 403 g/mol. The van der Waals surface area contributed by atoms with Crippen LogP contribution in [0.3, 0.4) is 0 Å². The standard InChI is InChI=1S/C24H25N3O3/c1-3-13-27-23(28)21(18-9-11-20(30-2)12-10-18)22(24(27)29)26-16-14-25(15-17-26)19-7-5-4-6-8-19/h3-12H,1,13-17H2,2H3. The molecule has 4 rings (SSSR count). The number of piperazine rings is 1. The highest BCUT2D eigenvalue weighted by molar-refractivity contribution is 6.35. The van der Waals surface area contributed by atoms with E-state index >= 15 is 0 Å². The van der Waals surface area contributed by atoms with Gasteiger partial charge in [0.05, 0.1) is 12.7 Å². The number of para-hydroxylation sites is 1. The van der Waals surface area contributed by atoms with Crippen LogP contribution in [0, 0.1) is 0 Å². The Morgan fingerprint density at radius 2 is 1.53 bits per heavy atom. The molecule has 0 spiro atoms. The summed E-state index contributed by atoms with van der Waals surface area (Å²) in [6, 6.07) is 17.5. The van der Waals surface area contributed by atoms with E-state index in [1.165, 1.54) is 10.6 Å². The zero-order valence-electron chi connectivity index (χ0n) is 17.1. The van der Waals surface area contributed by atoms with Crippen LogP contribution in [-0.2, 0) is 9.59 Å². The molecule has 2 aliphatic rings. The summed E-state index contributed by atoms with van der Waals surface area (Å²) in [6.45, 7) is 6.80. The number of ether oxygens (including phenoxy) is 1. The molecule has 2 aliphatic heterocycles. The summed E-state index contributed by atoms with van der Waals surface area (Å²) in [6.07, 6.45) is 1.58. The van der Waals surface area contributed by atoms with Crippen LogP contribution in [0.15, 0.2) is 72.9 Å². The second kappa shape index (κ2) is 8.45. The van der Waals surface area contributed by atoms with E-state index in [2.05, 4.69) is 23.6 Å². The number of carbonyl (C=O) groups excluding carboxylic acids is 2. The number of hydrogen-bond donors (Lipinski definition) is 0. The molecular formula is C24H25N3O3. The normalized spacial score (nSPS) is 17.0. The van der Waals surface area contributed by atoms with Crippen molar-refractivity contribution in [2.75, 3.05) is 44.7 Å². The zero-order chi connectivity index (χ0) is 21.1. The molecule has 2 aromatic carbocycles. The van der Waals surface area contributed by atoms with Gasteiger partial charge in [0.15, 0.2) is 0 Å². The molecule has 6 heteroatoms. The van der Waals surface area contributed by atoms with Crippen molar-refractivity contribution < 1.29 is 14.3 Å². The average molecular weight is 403 g/mol. The molecule has 2 amide bonds. The van der Waals surface area contributed by atoms with Gasteiger partial charge in [-0.1, -0.05) is 36.4 Å². The van der Waals surface area contributed by atoms with Gasteiger partial charge in [0.25, 0.3) is 11.8 Å². The van der Waals surface area contributed by atoms with Gasteiger partial charge < -0.3 is 14.5 Å². The second-order valence-corrected chi connectivity index (χ2v) is 7.27. The Hall–Kier alpha value is -3.54. The number of carbonyl (C=O) groups is 2. The molecule has 1 fully saturated rings. The Bertz CT molecular complexity index is 975. The molecule has 6 nitrogen and oxygen atoms in total. The van der Waals surface area contributed by atoms with Crippen molar-refractivity contribution in [2.45, 2.75) is 0 Å². The smallest absolute Gasteiger partial charge is 0.278 e. The van der Waals surface area contributed by atoms with Gasteiger partial charge in [0.1, 0.15) is 11.4 Å². The molecular weight excluding hydrogens is 378 g/mol. The molecule has 0 N–H and O–H groups in total. The Balaban J connectivity index is 1.64. The van der Waals surface area contributed by atoms with Gasteiger partial charge >= 0.3 is 0 Å². The minimum atomic E-state index is -0.273. The summed E-state index contributed by atoms with van der Waals surface area (Å²) < 4.78 is 5.23. The molecule has 0 aromatic heterocycles. The van der Waals surface area contributed by atoms with Gasteiger partial charge in [-0.25, -0.2) is 0 Å². The van der Waals surface area contributed by atoms with Crippen LogP contribution in [-0.4, -0.2) is 61.4 Å². The third kappa shape index (κ3) is 3.56. The second-order valence-electron chi connectivity index (χ2n) is 7.27. The maximum atomic E-state index is 13.2. The zero-order valence-corrected chi connectivity index (χ0v) is 17.1. The van der Waals surface area contributed by atoms with Gasteiger partial charge in [-0.05, 0) is 29.8 Å². The number of nitrogens with zero attached hydrogens (tertiary/aromatic N) is 3. The predicted molar refractivity (Wildman–Crippen MR) is 117 cm³/mol. The number of hydrogen-bond acceptors (Lipinski definition) is 5. The molecule has 0 radical (unpaired) electrons. The maximum Gasteiger partial charge on any atom is 0.278 e. The van der Waals surface area contributed by atoms with Gasteiger partial charge in [-0.15, -0.1) is 6.58 Å². The maximum absolute atomic E-state index is 13.2. The summed E-state index contributed by atoms with van der Waals surface area (Å²) in [4.78, 5) is 31.9. The van der Waals surface area contributed by atoms with Gasteiger partial charge in [0, 0.05) is 38.4 Å². The largest absolute Gasteiger partial charge is 0.497 e. The van der Waals surface area contributed by atoms with Crippen molar-refractivity contribution in [3.05, 3.63) is 78.5 Å². The van der Waals surface area contributed by atoms with Crippen LogP contribution >= 0.6 is 0 Å². The van der Waals surface area contributed by atoms with Crippen LogP contribution in [0.5, 0.6) is 5.75 Å². The Kier molecular flexibility index (Phi) is 5.57. The van der Waals surface area contributed by atoms with Crippen LogP contribution < -0.4 is 9.64 Å². The molecule has 154 valence electrons. The van der Waals surface area contributed by atoms with Crippen molar-refractivity contribution in [1.29, 1.82) is 0 Å². The molecule has 1 saturated heterocycles. The Labute approximate surface area is 176 Å². The third-order valence-electron chi connectivity index (χ3n) is 5.55. The number of methoxy groups -OCH3 is 1. The number of anilines is 1. The molecule has 0 aliphatic carbocycles. The first kappa shape index (κ1) is 19.8. The fourth-order valence-corrected chi connectivity index (χ4v) is 4.00. The van der Waals surface area contributed by atoms with Crippen molar-refractivity contribution >= 4 is 23.1 Å². The molecule has 0 unspecified atom stereocenters. The number of benzene rings is 2. The Morgan fingerprint density at radius 3 is 2.13 bits per heavy atom. The summed E-state index contributed by atoms with van der Waals surface area (Å²) in [5.41, 5.74) is 2.84. The van der Waals surface area contributed by atoms with E-state index in [-0.39, 0.29) is 18.4 Å². The highest BCUT2D eigenvalue weighted by Gasteiger charge is 2.41. The minimum Gasteiger partial charge on any atom is -0.497 e.